The number of hydrogen-bond donors (Lipinski definition) is 2. The van der Waals surface area contributed by atoms with Gasteiger partial charge in [0.05, 0.1) is 17.7 Å². The molecule has 1 fully saturated rings. The average molecular weight is 284 g/mol. The van der Waals surface area contributed by atoms with Crippen LogP contribution >= 0.6 is 0 Å². The number of rotatable bonds is 3. The monoisotopic (exact) mass is 284 g/mol. The van der Waals surface area contributed by atoms with Crippen LogP contribution in [0.5, 0.6) is 0 Å². The quantitative estimate of drug-likeness (QED) is 0.873. The van der Waals surface area contributed by atoms with E-state index in [4.69, 9.17) is 0 Å². The topological polar surface area (TPSA) is 52.6 Å². The lowest BCUT2D eigenvalue weighted by atomic mass is 10.0. The summed E-state index contributed by atoms with van der Waals surface area (Å²) in [5.41, 5.74) is -0.957. The number of halogens is 2. The minimum atomic E-state index is -0.990. The molecule has 0 aromatic heterocycles. The Labute approximate surface area is 116 Å². The highest BCUT2D eigenvalue weighted by molar-refractivity contribution is 5.94. The number of nitrogens with one attached hydrogen (secondary N) is 1. The average Bonchev–Trinajstić information content (AvgIpc) is 2.79. The van der Waals surface area contributed by atoms with Crippen molar-refractivity contribution in [3.8, 4) is 0 Å². The second kappa shape index (κ2) is 5.46. The van der Waals surface area contributed by atoms with Crippen molar-refractivity contribution in [1.29, 1.82) is 0 Å². The van der Waals surface area contributed by atoms with Crippen molar-refractivity contribution in [2.75, 3.05) is 26.7 Å². The number of benzene rings is 1. The van der Waals surface area contributed by atoms with Gasteiger partial charge in [-0.05, 0) is 31.5 Å². The summed E-state index contributed by atoms with van der Waals surface area (Å²) in [6.07, 6.45) is 0.537. The van der Waals surface area contributed by atoms with Crippen LogP contribution in [0.25, 0.3) is 0 Å². The van der Waals surface area contributed by atoms with Gasteiger partial charge in [0.2, 0.25) is 0 Å². The number of aliphatic hydroxyl groups is 1. The van der Waals surface area contributed by atoms with E-state index in [0.29, 0.717) is 25.6 Å². The number of carbonyl (C=O) groups is 1. The Balaban J connectivity index is 2.16. The van der Waals surface area contributed by atoms with Crippen LogP contribution in [0.3, 0.4) is 0 Å². The first kappa shape index (κ1) is 14.9. The van der Waals surface area contributed by atoms with Crippen LogP contribution < -0.4 is 5.32 Å². The molecule has 1 aromatic carbocycles. The van der Waals surface area contributed by atoms with Crippen molar-refractivity contribution in [3.63, 3.8) is 0 Å². The van der Waals surface area contributed by atoms with Crippen molar-refractivity contribution in [2.45, 2.75) is 18.9 Å². The van der Waals surface area contributed by atoms with Crippen LogP contribution in [-0.2, 0) is 0 Å². The Bertz CT molecular complexity index is 528. The molecule has 0 saturated carbocycles. The van der Waals surface area contributed by atoms with Gasteiger partial charge in [-0.1, -0.05) is 0 Å². The first-order valence-electron chi connectivity index (χ1n) is 6.47. The Morgan fingerprint density at radius 1 is 1.45 bits per heavy atom. The Kier molecular flexibility index (Phi) is 4.06. The first-order chi connectivity index (χ1) is 9.32. The summed E-state index contributed by atoms with van der Waals surface area (Å²) in [6.45, 7) is 2.66. The molecule has 1 heterocycles. The molecule has 0 aliphatic carbocycles. The maximum atomic E-state index is 13.7. The molecule has 1 unspecified atom stereocenters. The highest BCUT2D eigenvalue weighted by Gasteiger charge is 2.34. The standard InChI is InChI=1S/C14H18F2N2O2/c1-9-5-10(12(16)6-11(9)15)13(19)18(2)8-14(20)3-4-17-7-14/h5-6,17,20H,3-4,7-8H2,1-2H3. The maximum Gasteiger partial charge on any atom is 0.256 e. The fourth-order valence-electron chi connectivity index (χ4n) is 2.41. The minimum Gasteiger partial charge on any atom is -0.387 e. The molecule has 0 spiro atoms. The molecule has 1 aliphatic rings. The van der Waals surface area contributed by atoms with Crippen LogP contribution in [-0.4, -0.2) is 48.2 Å². The fourth-order valence-corrected chi connectivity index (χ4v) is 2.41. The van der Waals surface area contributed by atoms with Gasteiger partial charge >= 0.3 is 0 Å². The molecule has 6 heteroatoms. The van der Waals surface area contributed by atoms with Gasteiger partial charge in [0.1, 0.15) is 11.6 Å². The number of nitrogens with zero attached hydrogens (tertiary/aromatic N) is 1. The summed E-state index contributed by atoms with van der Waals surface area (Å²) in [5.74, 6) is -2.13. The molecule has 4 nitrogen and oxygen atoms in total. The number of amides is 1. The molecule has 1 amide bonds. The van der Waals surface area contributed by atoms with Crippen LogP contribution in [0.1, 0.15) is 22.3 Å². The molecule has 1 atom stereocenters. The summed E-state index contributed by atoms with van der Waals surface area (Å²) < 4.78 is 26.9. The number of hydrogen-bond acceptors (Lipinski definition) is 3. The van der Waals surface area contributed by atoms with E-state index in [1.807, 2.05) is 0 Å². The number of likely N-dealkylation sites (N-methyl/N-ethyl adjacent to an activating group) is 1. The van der Waals surface area contributed by atoms with E-state index in [-0.39, 0.29) is 17.7 Å². The summed E-state index contributed by atoms with van der Waals surface area (Å²) in [5, 5.41) is 13.2. The second-order valence-corrected chi connectivity index (χ2v) is 5.39. The second-order valence-electron chi connectivity index (χ2n) is 5.39. The predicted molar refractivity (Wildman–Crippen MR) is 70.5 cm³/mol. The van der Waals surface area contributed by atoms with Gasteiger partial charge < -0.3 is 15.3 Å². The third-order valence-corrected chi connectivity index (χ3v) is 3.58. The Morgan fingerprint density at radius 2 is 2.15 bits per heavy atom. The minimum absolute atomic E-state index is 0.106. The zero-order valence-electron chi connectivity index (χ0n) is 11.5. The molecule has 0 bridgehead atoms. The summed E-state index contributed by atoms with van der Waals surface area (Å²) >= 11 is 0. The zero-order valence-corrected chi connectivity index (χ0v) is 11.5. The number of β-amino-alcohol motifs (C(OH)–C–C–N with tert-alkyl or cyclic N) is 1. The number of carbonyl (C=O) groups excluding carboxylic acids is 1. The predicted octanol–water partition coefficient (Wildman–Crippen LogP) is 1.07. The number of aryl methyl sites for hydroxylation is 1. The van der Waals surface area contributed by atoms with E-state index in [1.165, 1.54) is 24.9 Å². The molecular formula is C14H18F2N2O2. The molecule has 2 N–H and O–H groups in total. The Morgan fingerprint density at radius 3 is 2.75 bits per heavy atom. The van der Waals surface area contributed by atoms with Crippen molar-refractivity contribution in [2.24, 2.45) is 0 Å². The van der Waals surface area contributed by atoms with E-state index >= 15 is 0 Å². The van der Waals surface area contributed by atoms with Crippen molar-refractivity contribution in [1.82, 2.24) is 10.2 Å². The zero-order chi connectivity index (χ0) is 14.9. The lowest BCUT2D eigenvalue weighted by molar-refractivity contribution is 0.0250. The van der Waals surface area contributed by atoms with Crippen LogP contribution in [0.15, 0.2) is 12.1 Å². The Hall–Kier alpha value is -1.53. The van der Waals surface area contributed by atoms with Gasteiger partial charge in [0.15, 0.2) is 0 Å². The smallest absolute Gasteiger partial charge is 0.256 e. The molecule has 0 radical (unpaired) electrons. The first-order valence-corrected chi connectivity index (χ1v) is 6.47. The van der Waals surface area contributed by atoms with Crippen molar-refractivity contribution in [3.05, 3.63) is 34.9 Å². The summed E-state index contributed by atoms with van der Waals surface area (Å²) in [7, 11) is 1.50. The lowest BCUT2D eigenvalue weighted by Crippen LogP contribution is -2.45. The van der Waals surface area contributed by atoms with Gasteiger partial charge in [-0.15, -0.1) is 0 Å². The molecule has 20 heavy (non-hydrogen) atoms. The SMILES string of the molecule is Cc1cc(C(=O)N(C)CC2(O)CCNC2)c(F)cc1F. The largest absolute Gasteiger partial charge is 0.387 e. The van der Waals surface area contributed by atoms with E-state index in [1.54, 1.807) is 0 Å². The normalized spacial score (nSPS) is 22.1. The fraction of sp³-hybridized carbons (Fsp3) is 0.500. The molecular weight excluding hydrogens is 266 g/mol. The highest BCUT2D eigenvalue weighted by atomic mass is 19.1. The van der Waals surface area contributed by atoms with Gasteiger partial charge in [-0.3, -0.25) is 4.79 Å². The van der Waals surface area contributed by atoms with Gasteiger partial charge in [0.25, 0.3) is 5.91 Å². The van der Waals surface area contributed by atoms with Gasteiger partial charge in [0, 0.05) is 19.7 Å². The molecule has 1 saturated heterocycles. The van der Waals surface area contributed by atoms with E-state index in [2.05, 4.69) is 5.32 Å². The summed E-state index contributed by atoms with van der Waals surface area (Å²) in [4.78, 5) is 13.5. The molecule has 1 aromatic rings. The highest BCUT2D eigenvalue weighted by Crippen LogP contribution is 2.19. The van der Waals surface area contributed by atoms with Gasteiger partial charge in [-0.25, -0.2) is 8.78 Å². The maximum absolute atomic E-state index is 13.7. The third-order valence-electron chi connectivity index (χ3n) is 3.58. The van der Waals surface area contributed by atoms with E-state index in [0.717, 1.165) is 0 Å². The van der Waals surface area contributed by atoms with Crippen LogP contribution in [0, 0.1) is 18.6 Å². The lowest BCUT2D eigenvalue weighted by Gasteiger charge is -2.28. The van der Waals surface area contributed by atoms with Crippen molar-refractivity contribution < 1.29 is 18.7 Å². The molecule has 1 aliphatic heterocycles. The molecule has 2 rings (SSSR count). The molecule has 110 valence electrons. The van der Waals surface area contributed by atoms with Crippen molar-refractivity contribution >= 4 is 5.91 Å². The van der Waals surface area contributed by atoms with Gasteiger partial charge in [-0.2, -0.15) is 0 Å². The van der Waals surface area contributed by atoms with Crippen LogP contribution in [0.2, 0.25) is 0 Å². The van der Waals surface area contributed by atoms with E-state index < -0.39 is 23.1 Å². The third kappa shape index (κ3) is 2.96. The van der Waals surface area contributed by atoms with E-state index in [9.17, 15) is 18.7 Å². The summed E-state index contributed by atoms with van der Waals surface area (Å²) in [6, 6.07) is 1.91. The van der Waals surface area contributed by atoms with Crippen LogP contribution in [0.4, 0.5) is 8.78 Å².